The van der Waals surface area contributed by atoms with Gasteiger partial charge in [-0.2, -0.15) is 4.98 Å². The minimum Gasteiger partial charge on any atom is -0.478 e. The Morgan fingerprint density at radius 2 is 2.24 bits per heavy atom. The summed E-state index contributed by atoms with van der Waals surface area (Å²) >= 11 is 0. The highest BCUT2D eigenvalue weighted by atomic mass is 16.5. The minimum atomic E-state index is 0.563. The number of hydrogen-bond donors (Lipinski definition) is 1. The van der Waals surface area contributed by atoms with E-state index in [1.54, 1.807) is 12.3 Å². The van der Waals surface area contributed by atoms with Gasteiger partial charge < -0.3 is 14.8 Å². The molecule has 0 spiro atoms. The first-order valence-electron chi connectivity index (χ1n) is 5.99. The molecule has 5 nitrogen and oxygen atoms in total. The molecule has 17 heavy (non-hydrogen) atoms. The maximum atomic E-state index is 5.45. The van der Waals surface area contributed by atoms with Crippen molar-refractivity contribution < 1.29 is 9.47 Å². The second-order valence-electron chi connectivity index (χ2n) is 4.05. The summed E-state index contributed by atoms with van der Waals surface area (Å²) in [5.74, 6) is 1.73. The summed E-state index contributed by atoms with van der Waals surface area (Å²) in [4.78, 5) is 8.29. The quantitative estimate of drug-likeness (QED) is 0.703. The molecule has 0 aliphatic rings. The van der Waals surface area contributed by atoms with Gasteiger partial charge in [-0.15, -0.1) is 0 Å². The molecular formula is C12H21N3O2. The maximum Gasteiger partial charge on any atom is 0.226 e. The average Bonchev–Trinajstić information content (AvgIpc) is 2.29. The van der Waals surface area contributed by atoms with Crippen molar-refractivity contribution in [2.45, 2.75) is 20.8 Å². The number of nitrogens with zero attached hydrogens (tertiary/aromatic N) is 2. The van der Waals surface area contributed by atoms with Gasteiger partial charge >= 0.3 is 0 Å². The number of hydrogen-bond acceptors (Lipinski definition) is 5. The fourth-order valence-corrected chi connectivity index (χ4v) is 1.21. The molecule has 1 heterocycles. The lowest BCUT2D eigenvalue weighted by Crippen LogP contribution is -2.13. The smallest absolute Gasteiger partial charge is 0.226 e. The Morgan fingerprint density at radius 1 is 1.41 bits per heavy atom. The molecule has 0 unspecified atom stereocenters. The van der Waals surface area contributed by atoms with Crippen LogP contribution in [0.3, 0.4) is 0 Å². The Balaban J connectivity index is 2.24. The standard InChI is InChI=1S/C12H21N3O2/c1-4-17-11-5-6-13-12(15-11)14-7-8-16-9-10(2)3/h5-6,10H,4,7-9H2,1-3H3,(H,13,14,15). The summed E-state index contributed by atoms with van der Waals surface area (Å²) in [6, 6.07) is 1.74. The molecule has 96 valence electrons. The van der Waals surface area contributed by atoms with Gasteiger partial charge in [-0.3, -0.25) is 0 Å². The molecule has 0 aromatic carbocycles. The van der Waals surface area contributed by atoms with Gasteiger partial charge in [0.25, 0.3) is 0 Å². The summed E-state index contributed by atoms with van der Waals surface area (Å²) in [6.07, 6.45) is 1.68. The first kappa shape index (κ1) is 13.7. The summed E-state index contributed by atoms with van der Waals surface area (Å²) in [6.45, 7) is 8.91. The zero-order chi connectivity index (χ0) is 12.5. The van der Waals surface area contributed by atoms with Gasteiger partial charge in [0.1, 0.15) is 0 Å². The molecule has 0 saturated carbocycles. The van der Waals surface area contributed by atoms with Crippen molar-refractivity contribution in [3.63, 3.8) is 0 Å². The summed E-state index contributed by atoms with van der Waals surface area (Å²) in [5, 5.41) is 3.09. The number of anilines is 1. The largest absolute Gasteiger partial charge is 0.478 e. The van der Waals surface area contributed by atoms with Crippen molar-refractivity contribution in [3.05, 3.63) is 12.3 Å². The van der Waals surface area contributed by atoms with E-state index < -0.39 is 0 Å². The molecule has 0 amide bonds. The maximum absolute atomic E-state index is 5.45. The van der Waals surface area contributed by atoms with Gasteiger partial charge in [0.15, 0.2) is 0 Å². The first-order chi connectivity index (χ1) is 8.22. The summed E-state index contributed by atoms with van der Waals surface area (Å²) < 4.78 is 10.7. The summed E-state index contributed by atoms with van der Waals surface area (Å²) in [5.41, 5.74) is 0. The number of aromatic nitrogens is 2. The highest BCUT2D eigenvalue weighted by molar-refractivity contribution is 5.27. The normalized spacial score (nSPS) is 10.6. The van der Waals surface area contributed by atoms with Gasteiger partial charge in [-0.25, -0.2) is 4.98 Å². The van der Waals surface area contributed by atoms with E-state index in [4.69, 9.17) is 9.47 Å². The number of rotatable bonds is 8. The van der Waals surface area contributed by atoms with Crippen LogP contribution in [0.1, 0.15) is 20.8 Å². The van der Waals surface area contributed by atoms with Gasteiger partial charge in [-0.1, -0.05) is 13.8 Å². The molecule has 0 atom stereocenters. The molecule has 0 fully saturated rings. The average molecular weight is 239 g/mol. The van der Waals surface area contributed by atoms with Crippen molar-refractivity contribution in [1.29, 1.82) is 0 Å². The van der Waals surface area contributed by atoms with Crippen LogP contribution < -0.4 is 10.1 Å². The van der Waals surface area contributed by atoms with Gasteiger partial charge in [0.2, 0.25) is 11.8 Å². The van der Waals surface area contributed by atoms with Gasteiger partial charge in [0.05, 0.1) is 13.2 Å². The van der Waals surface area contributed by atoms with Crippen LogP contribution in [0.2, 0.25) is 0 Å². The Kier molecular flexibility index (Phi) is 6.32. The van der Waals surface area contributed by atoms with Crippen molar-refractivity contribution in [3.8, 4) is 5.88 Å². The highest BCUT2D eigenvalue weighted by Crippen LogP contribution is 2.07. The van der Waals surface area contributed by atoms with Crippen LogP contribution in [0.15, 0.2) is 12.3 Å². The summed E-state index contributed by atoms with van der Waals surface area (Å²) in [7, 11) is 0. The minimum absolute atomic E-state index is 0.563. The fraction of sp³-hybridized carbons (Fsp3) is 0.667. The van der Waals surface area contributed by atoms with Crippen molar-refractivity contribution in [2.24, 2.45) is 5.92 Å². The van der Waals surface area contributed by atoms with E-state index in [0.717, 1.165) is 6.61 Å². The van der Waals surface area contributed by atoms with Crippen molar-refractivity contribution in [1.82, 2.24) is 9.97 Å². The zero-order valence-electron chi connectivity index (χ0n) is 10.8. The lowest BCUT2D eigenvalue weighted by Gasteiger charge is -2.08. The lowest BCUT2D eigenvalue weighted by atomic mass is 10.2. The van der Waals surface area contributed by atoms with Crippen LogP contribution in [-0.2, 0) is 4.74 Å². The highest BCUT2D eigenvalue weighted by Gasteiger charge is 1.99. The third kappa shape index (κ3) is 6.06. The predicted molar refractivity (Wildman–Crippen MR) is 67.3 cm³/mol. The van der Waals surface area contributed by atoms with E-state index in [2.05, 4.69) is 29.1 Å². The Morgan fingerprint density at radius 3 is 2.94 bits per heavy atom. The molecule has 0 radical (unpaired) electrons. The molecular weight excluding hydrogens is 218 g/mol. The molecule has 1 rings (SSSR count). The van der Waals surface area contributed by atoms with E-state index in [1.165, 1.54) is 0 Å². The third-order valence-electron chi connectivity index (χ3n) is 1.90. The van der Waals surface area contributed by atoms with Crippen LogP contribution >= 0.6 is 0 Å². The molecule has 5 heteroatoms. The molecule has 0 saturated heterocycles. The van der Waals surface area contributed by atoms with Crippen LogP contribution in [-0.4, -0.2) is 36.3 Å². The van der Waals surface area contributed by atoms with Crippen LogP contribution in [0.5, 0.6) is 5.88 Å². The Hall–Kier alpha value is -1.36. The lowest BCUT2D eigenvalue weighted by molar-refractivity contribution is 0.118. The molecule has 1 aromatic heterocycles. The third-order valence-corrected chi connectivity index (χ3v) is 1.90. The first-order valence-corrected chi connectivity index (χ1v) is 5.99. The molecule has 1 aromatic rings. The monoisotopic (exact) mass is 239 g/mol. The SMILES string of the molecule is CCOc1ccnc(NCCOCC(C)C)n1. The second kappa shape index (κ2) is 7.84. The fourth-order valence-electron chi connectivity index (χ4n) is 1.21. The number of ether oxygens (including phenoxy) is 2. The topological polar surface area (TPSA) is 56.3 Å². The number of nitrogens with one attached hydrogen (secondary N) is 1. The Labute approximate surface area is 103 Å². The Bertz CT molecular complexity index is 318. The zero-order valence-corrected chi connectivity index (χ0v) is 10.8. The van der Waals surface area contributed by atoms with E-state index >= 15 is 0 Å². The van der Waals surface area contributed by atoms with Gasteiger partial charge in [0, 0.05) is 25.4 Å². The molecule has 1 N–H and O–H groups in total. The van der Waals surface area contributed by atoms with Crippen LogP contribution in [0.25, 0.3) is 0 Å². The van der Waals surface area contributed by atoms with Crippen LogP contribution in [0.4, 0.5) is 5.95 Å². The van der Waals surface area contributed by atoms with E-state index in [-0.39, 0.29) is 0 Å². The van der Waals surface area contributed by atoms with E-state index in [1.807, 2.05) is 6.92 Å². The molecule has 0 aliphatic heterocycles. The van der Waals surface area contributed by atoms with E-state index in [9.17, 15) is 0 Å². The molecule has 0 aliphatic carbocycles. The van der Waals surface area contributed by atoms with Crippen molar-refractivity contribution >= 4 is 5.95 Å². The van der Waals surface area contributed by atoms with Crippen LogP contribution in [0, 0.1) is 5.92 Å². The predicted octanol–water partition coefficient (Wildman–Crippen LogP) is 1.96. The van der Waals surface area contributed by atoms with Gasteiger partial charge in [-0.05, 0) is 12.8 Å². The van der Waals surface area contributed by atoms with Crippen molar-refractivity contribution in [2.75, 3.05) is 31.7 Å². The second-order valence-corrected chi connectivity index (χ2v) is 4.05. The molecule has 0 bridgehead atoms. The van der Waals surface area contributed by atoms with E-state index in [0.29, 0.717) is 37.5 Å².